The summed E-state index contributed by atoms with van der Waals surface area (Å²) in [6.45, 7) is 11.6. The molecular weight excluding hydrogens is 174 g/mol. The number of pyridine rings is 1. The molecule has 0 radical (unpaired) electrons. The molecule has 0 bridgehead atoms. The lowest BCUT2D eigenvalue weighted by Crippen LogP contribution is -1.97. The van der Waals surface area contributed by atoms with Crippen LogP contribution in [0.2, 0.25) is 0 Å². The van der Waals surface area contributed by atoms with Crippen LogP contribution in [0.5, 0.6) is 5.88 Å². The van der Waals surface area contributed by atoms with Gasteiger partial charge in [-0.05, 0) is 25.5 Å². The monoisotopic (exact) mass is 189 g/mol. The van der Waals surface area contributed by atoms with Crippen molar-refractivity contribution in [3.05, 3.63) is 36.0 Å². The molecule has 0 N–H and O–H groups in total. The third-order valence-electron chi connectivity index (χ3n) is 2.01. The fourth-order valence-electron chi connectivity index (χ4n) is 1.36. The Morgan fingerprint density at radius 1 is 1.57 bits per heavy atom. The number of hydrogen-bond donors (Lipinski definition) is 0. The second-order valence-electron chi connectivity index (χ2n) is 3.22. The number of ether oxygens (including phenoxy) is 1. The van der Waals surface area contributed by atoms with E-state index in [4.69, 9.17) is 4.74 Å². The fourth-order valence-corrected chi connectivity index (χ4v) is 1.36. The van der Waals surface area contributed by atoms with Crippen molar-refractivity contribution >= 4 is 11.6 Å². The van der Waals surface area contributed by atoms with Gasteiger partial charge >= 0.3 is 0 Å². The number of nitrogens with zero attached hydrogens (tertiary/aromatic N) is 1. The minimum absolute atomic E-state index is 0.609. The summed E-state index contributed by atoms with van der Waals surface area (Å²) in [6.07, 6.45) is 1.75. The van der Waals surface area contributed by atoms with Gasteiger partial charge < -0.3 is 4.74 Å². The first-order valence-electron chi connectivity index (χ1n) is 4.44. The van der Waals surface area contributed by atoms with Gasteiger partial charge in [0.15, 0.2) is 0 Å². The summed E-state index contributed by atoms with van der Waals surface area (Å²) in [4.78, 5) is 4.27. The van der Waals surface area contributed by atoms with Gasteiger partial charge in [-0.3, -0.25) is 0 Å². The molecule has 0 aromatic carbocycles. The Hall–Kier alpha value is -1.57. The molecule has 1 aromatic rings. The molecule has 1 heterocycles. The van der Waals surface area contributed by atoms with E-state index in [1.54, 1.807) is 13.2 Å². The smallest absolute Gasteiger partial charge is 0.221 e. The second-order valence-corrected chi connectivity index (χ2v) is 3.22. The Morgan fingerprint density at radius 3 is 2.64 bits per heavy atom. The van der Waals surface area contributed by atoms with Crippen LogP contribution in [0.4, 0.5) is 0 Å². The first kappa shape index (κ1) is 10.5. The average Bonchev–Trinajstić information content (AvgIpc) is 2.16. The van der Waals surface area contributed by atoms with E-state index in [1.807, 2.05) is 19.9 Å². The number of aromatic nitrogens is 1. The number of hydrogen-bond acceptors (Lipinski definition) is 2. The molecule has 1 aromatic heterocycles. The van der Waals surface area contributed by atoms with Crippen LogP contribution in [0.15, 0.2) is 19.2 Å². The third-order valence-corrected chi connectivity index (χ3v) is 2.01. The Labute approximate surface area is 84.9 Å². The summed E-state index contributed by atoms with van der Waals surface area (Å²) < 4.78 is 5.18. The zero-order valence-corrected chi connectivity index (χ0v) is 8.92. The highest BCUT2D eigenvalue weighted by molar-refractivity contribution is 5.74. The van der Waals surface area contributed by atoms with Gasteiger partial charge in [-0.15, -0.1) is 0 Å². The Balaban J connectivity index is 3.46. The molecule has 0 atom stereocenters. The average molecular weight is 189 g/mol. The van der Waals surface area contributed by atoms with E-state index in [0.717, 1.165) is 22.4 Å². The van der Waals surface area contributed by atoms with Crippen molar-refractivity contribution in [2.45, 2.75) is 13.8 Å². The van der Waals surface area contributed by atoms with Crippen LogP contribution in [0.3, 0.4) is 0 Å². The lowest BCUT2D eigenvalue weighted by molar-refractivity contribution is 0.396. The summed E-state index contributed by atoms with van der Waals surface area (Å²) in [7, 11) is 1.61. The van der Waals surface area contributed by atoms with Crippen LogP contribution < -0.4 is 4.74 Å². The molecule has 74 valence electrons. The van der Waals surface area contributed by atoms with Crippen molar-refractivity contribution in [2.75, 3.05) is 7.11 Å². The highest BCUT2D eigenvalue weighted by atomic mass is 16.5. The topological polar surface area (TPSA) is 22.1 Å². The van der Waals surface area contributed by atoms with Crippen LogP contribution in [0.1, 0.15) is 23.7 Å². The first-order valence-corrected chi connectivity index (χ1v) is 4.44. The Kier molecular flexibility index (Phi) is 3.07. The highest BCUT2D eigenvalue weighted by Crippen LogP contribution is 2.26. The molecular formula is C12H15NO. The van der Waals surface area contributed by atoms with E-state index >= 15 is 0 Å². The fraction of sp³-hybridized carbons (Fsp3) is 0.250. The third kappa shape index (κ3) is 1.84. The summed E-state index contributed by atoms with van der Waals surface area (Å²) >= 11 is 0. The first-order chi connectivity index (χ1) is 6.60. The number of methoxy groups -OCH3 is 1. The maximum Gasteiger partial charge on any atom is 0.221 e. The van der Waals surface area contributed by atoms with E-state index in [2.05, 4.69) is 18.1 Å². The molecule has 0 aliphatic rings. The maximum absolute atomic E-state index is 5.18. The van der Waals surface area contributed by atoms with E-state index in [9.17, 15) is 0 Å². The molecule has 0 spiro atoms. The minimum atomic E-state index is 0.609. The van der Waals surface area contributed by atoms with Crippen molar-refractivity contribution in [3.63, 3.8) is 0 Å². The van der Waals surface area contributed by atoms with Gasteiger partial charge in [0.25, 0.3) is 0 Å². The van der Waals surface area contributed by atoms with Gasteiger partial charge in [-0.2, -0.15) is 0 Å². The molecule has 2 nitrogen and oxygen atoms in total. The Morgan fingerprint density at radius 2 is 2.21 bits per heavy atom. The number of allylic oxidation sites excluding steroid dienone is 1. The van der Waals surface area contributed by atoms with Gasteiger partial charge in [0.1, 0.15) is 0 Å². The summed E-state index contributed by atoms with van der Waals surface area (Å²) in [5.41, 5.74) is 3.86. The quantitative estimate of drug-likeness (QED) is 0.729. The van der Waals surface area contributed by atoms with Crippen molar-refractivity contribution in [2.24, 2.45) is 0 Å². The van der Waals surface area contributed by atoms with Crippen molar-refractivity contribution in [1.29, 1.82) is 0 Å². The SMILES string of the molecule is C=Cc1c(C(=C)C)cc(C)nc1OC. The summed E-state index contributed by atoms with van der Waals surface area (Å²) in [6, 6.07) is 1.99. The number of rotatable bonds is 3. The van der Waals surface area contributed by atoms with Gasteiger partial charge in [0, 0.05) is 11.3 Å². The lowest BCUT2D eigenvalue weighted by atomic mass is 10.0. The number of aryl methyl sites for hydroxylation is 1. The van der Waals surface area contributed by atoms with Crippen molar-refractivity contribution < 1.29 is 4.74 Å². The zero-order chi connectivity index (χ0) is 10.7. The molecule has 0 saturated heterocycles. The highest BCUT2D eigenvalue weighted by Gasteiger charge is 2.09. The maximum atomic E-state index is 5.18. The van der Waals surface area contributed by atoms with Crippen LogP contribution in [-0.2, 0) is 0 Å². The molecule has 1 rings (SSSR count). The van der Waals surface area contributed by atoms with Gasteiger partial charge in [-0.1, -0.05) is 24.8 Å². The van der Waals surface area contributed by atoms with Gasteiger partial charge in [-0.25, -0.2) is 4.98 Å². The molecule has 0 fully saturated rings. The van der Waals surface area contributed by atoms with E-state index in [1.165, 1.54) is 0 Å². The molecule has 0 amide bonds. The van der Waals surface area contributed by atoms with Gasteiger partial charge in [0.2, 0.25) is 5.88 Å². The van der Waals surface area contributed by atoms with Gasteiger partial charge in [0.05, 0.1) is 7.11 Å². The van der Waals surface area contributed by atoms with Crippen molar-refractivity contribution in [3.8, 4) is 5.88 Å². The zero-order valence-electron chi connectivity index (χ0n) is 8.92. The normalized spacial score (nSPS) is 9.64. The summed E-state index contributed by atoms with van der Waals surface area (Å²) in [5, 5.41) is 0. The predicted octanol–water partition coefficient (Wildman–Crippen LogP) is 3.07. The van der Waals surface area contributed by atoms with Crippen LogP contribution in [0.25, 0.3) is 11.6 Å². The molecule has 14 heavy (non-hydrogen) atoms. The lowest BCUT2D eigenvalue weighted by Gasteiger charge is -2.10. The minimum Gasteiger partial charge on any atom is -0.481 e. The van der Waals surface area contributed by atoms with Crippen LogP contribution in [0, 0.1) is 6.92 Å². The molecule has 0 aliphatic carbocycles. The molecule has 0 unspecified atom stereocenters. The van der Waals surface area contributed by atoms with E-state index in [-0.39, 0.29) is 0 Å². The van der Waals surface area contributed by atoms with Crippen LogP contribution >= 0.6 is 0 Å². The largest absolute Gasteiger partial charge is 0.481 e. The van der Waals surface area contributed by atoms with Crippen molar-refractivity contribution in [1.82, 2.24) is 4.98 Å². The standard InChI is InChI=1S/C12H15NO/c1-6-10-11(8(2)3)7-9(4)13-12(10)14-5/h6-7H,1-2H2,3-5H3. The second kappa shape index (κ2) is 4.09. The Bertz CT molecular complexity index is 380. The molecule has 2 heteroatoms. The van der Waals surface area contributed by atoms with E-state index in [0.29, 0.717) is 5.88 Å². The summed E-state index contributed by atoms with van der Waals surface area (Å²) in [5.74, 6) is 0.609. The molecule has 0 saturated carbocycles. The predicted molar refractivity (Wildman–Crippen MR) is 60.3 cm³/mol. The van der Waals surface area contributed by atoms with Crippen LogP contribution in [-0.4, -0.2) is 12.1 Å². The van der Waals surface area contributed by atoms with E-state index < -0.39 is 0 Å². The molecule has 0 aliphatic heterocycles.